The van der Waals surface area contributed by atoms with Gasteiger partial charge in [0.1, 0.15) is 0 Å². The smallest absolute Gasteiger partial charge is 0.0513 e. The molecule has 0 unspecified atom stereocenters. The minimum absolute atomic E-state index is 0.346. The number of rotatable bonds is 6. The summed E-state index contributed by atoms with van der Waals surface area (Å²) in [4.78, 5) is 4.49. The van der Waals surface area contributed by atoms with E-state index in [0.29, 0.717) is 12.0 Å². The maximum Gasteiger partial charge on any atom is 0.0513 e. The van der Waals surface area contributed by atoms with Crippen LogP contribution in [0.1, 0.15) is 34.1 Å². The van der Waals surface area contributed by atoms with Gasteiger partial charge in [0, 0.05) is 25.3 Å². The molecule has 14 heavy (non-hydrogen) atoms. The van der Waals surface area contributed by atoms with Gasteiger partial charge in [-0.3, -0.25) is 4.99 Å². The Morgan fingerprint density at radius 1 is 1.29 bits per heavy atom. The summed E-state index contributed by atoms with van der Waals surface area (Å²) in [7, 11) is 0. The molecule has 0 aromatic carbocycles. The van der Waals surface area contributed by atoms with Gasteiger partial charge in [0.25, 0.3) is 0 Å². The van der Waals surface area contributed by atoms with E-state index in [1.807, 2.05) is 0 Å². The SMILES string of the molecule is CC(CC(C)(C)C)=NCCNCCN. The Morgan fingerprint density at radius 2 is 1.93 bits per heavy atom. The third kappa shape index (κ3) is 9.68. The fraction of sp³-hybridized carbons (Fsp3) is 0.909. The Balaban J connectivity index is 3.57. The van der Waals surface area contributed by atoms with Crippen LogP contribution in [0, 0.1) is 5.41 Å². The first-order chi connectivity index (χ1) is 6.45. The quantitative estimate of drug-likeness (QED) is 0.502. The molecule has 0 saturated carbocycles. The highest BCUT2D eigenvalue weighted by molar-refractivity contribution is 5.82. The second-order valence-corrected chi connectivity index (χ2v) is 4.89. The van der Waals surface area contributed by atoms with Crippen molar-refractivity contribution in [3.8, 4) is 0 Å². The van der Waals surface area contributed by atoms with E-state index in [1.54, 1.807) is 0 Å². The molecular formula is C11H25N3. The van der Waals surface area contributed by atoms with E-state index >= 15 is 0 Å². The summed E-state index contributed by atoms with van der Waals surface area (Å²) < 4.78 is 0. The lowest BCUT2D eigenvalue weighted by Gasteiger charge is -2.17. The molecule has 0 aromatic heterocycles. The first-order valence-corrected chi connectivity index (χ1v) is 5.36. The molecule has 3 N–H and O–H groups in total. The predicted molar refractivity (Wildman–Crippen MR) is 64.0 cm³/mol. The van der Waals surface area contributed by atoms with Crippen LogP contribution in [-0.4, -0.2) is 31.9 Å². The van der Waals surface area contributed by atoms with Crippen molar-refractivity contribution in [2.75, 3.05) is 26.2 Å². The van der Waals surface area contributed by atoms with Gasteiger partial charge in [0.2, 0.25) is 0 Å². The standard InChI is InChI=1S/C11H25N3/c1-10(9-11(2,3)4)14-8-7-13-6-5-12/h13H,5-9,12H2,1-4H3. The molecular weight excluding hydrogens is 174 g/mol. The van der Waals surface area contributed by atoms with Crippen LogP contribution in [0.4, 0.5) is 0 Å². The van der Waals surface area contributed by atoms with E-state index in [4.69, 9.17) is 5.73 Å². The highest BCUT2D eigenvalue weighted by Gasteiger charge is 2.10. The molecule has 0 heterocycles. The summed E-state index contributed by atoms with van der Waals surface area (Å²) in [6.45, 7) is 12.2. The average molecular weight is 199 g/mol. The van der Waals surface area contributed by atoms with Crippen LogP contribution in [0.5, 0.6) is 0 Å². The van der Waals surface area contributed by atoms with Crippen molar-refractivity contribution >= 4 is 5.71 Å². The van der Waals surface area contributed by atoms with Gasteiger partial charge >= 0.3 is 0 Å². The molecule has 0 atom stereocenters. The van der Waals surface area contributed by atoms with Gasteiger partial charge in [-0.25, -0.2) is 0 Å². The van der Waals surface area contributed by atoms with E-state index in [2.05, 4.69) is 38.0 Å². The lowest BCUT2D eigenvalue weighted by atomic mass is 9.90. The molecule has 0 radical (unpaired) electrons. The molecule has 84 valence electrons. The topological polar surface area (TPSA) is 50.4 Å². The summed E-state index contributed by atoms with van der Waals surface area (Å²) in [6, 6.07) is 0. The van der Waals surface area contributed by atoms with Crippen LogP contribution in [0.25, 0.3) is 0 Å². The molecule has 0 aliphatic carbocycles. The average Bonchev–Trinajstić information content (AvgIpc) is 2.00. The second-order valence-electron chi connectivity index (χ2n) is 4.89. The van der Waals surface area contributed by atoms with Crippen LogP contribution >= 0.6 is 0 Å². The van der Waals surface area contributed by atoms with Crippen molar-refractivity contribution in [1.82, 2.24) is 5.32 Å². The first-order valence-electron chi connectivity index (χ1n) is 5.36. The third-order valence-corrected chi connectivity index (χ3v) is 1.78. The van der Waals surface area contributed by atoms with E-state index in [1.165, 1.54) is 5.71 Å². The number of nitrogens with zero attached hydrogens (tertiary/aromatic N) is 1. The van der Waals surface area contributed by atoms with Gasteiger partial charge in [-0.15, -0.1) is 0 Å². The normalized spacial score (nSPS) is 13.4. The van der Waals surface area contributed by atoms with Crippen molar-refractivity contribution in [1.29, 1.82) is 0 Å². The minimum atomic E-state index is 0.346. The highest BCUT2D eigenvalue weighted by atomic mass is 14.9. The maximum absolute atomic E-state index is 5.36. The van der Waals surface area contributed by atoms with Crippen molar-refractivity contribution < 1.29 is 0 Å². The van der Waals surface area contributed by atoms with E-state index in [9.17, 15) is 0 Å². The molecule has 0 fully saturated rings. The van der Waals surface area contributed by atoms with E-state index < -0.39 is 0 Å². The molecule has 0 saturated heterocycles. The lowest BCUT2D eigenvalue weighted by molar-refractivity contribution is 0.432. The number of hydrogen-bond donors (Lipinski definition) is 2. The molecule has 3 nitrogen and oxygen atoms in total. The third-order valence-electron chi connectivity index (χ3n) is 1.78. The number of nitrogens with two attached hydrogens (primary N) is 1. The van der Waals surface area contributed by atoms with Crippen molar-refractivity contribution in [2.45, 2.75) is 34.1 Å². The first kappa shape index (κ1) is 13.6. The monoisotopic (exact) mass is 199 g/mol. The van der Waals surface area contributed by atoms with E-state index in [-0.39, 0.29) is 0 Å². The molecule has 0 bridgehead atoms. The van der Waals surface area contributed by atoms with Crippen molar-refractivity contribution in [2.24, 2.45) is 16.1 Å². The van der Waals surface area contributed by atoms with E-state index in [0.717, 1.165) is 26.1 Å². The summed E-state index contributed by atoms with van der Waals surface area (Å²) in [5, 5.41) is 3.22. The molecule has 0 aliphatic rings. The number of aliphatic imine (C=N–C) groups is 1. The lowest BCUT2D eigenvalue weighted by Crippen LogP contribution is -2.25. The molecule has 0 aromatic rings. The zero-order chi connectivity index (χ0) is 11.0. The Bertz CT molecular complexity index is 168. The largest absolute Gasteiger partial charge is 0.329 e. The van der Waals surface area contributed by atoms with Gasteiger partial charge in [0.15, 0.2) is 0 Å². The fourth-order valence-electron chi connectivity index (χ4n) is 1.38. The Kier molecular flexibility index (Phi) is 6.75. The molecule has 0 rings (SSSR count). The number of nitrogens with one attached hydrogen (secondary N) is 1. The van der Waals surface area contributed by atoms with Gasteiger partial charge in [-0.05, 0) is 18.8 Å². The molecule has 0 spiro atoms. The summed E-state index contributed by atoms with van der Waals surface area (Å²) >= 11 is 0. The van der Waals surface area contributed by atoms with Gasteiger partial charge in [-0.2, -0.15) is 0 Å². The zero-order valence-electron chi connectivity index (χ0n) is 10.1. The Morgan fingerprint density at radius 3 is 2.43 bits per heavy atom. The Hall–Kier alpha value is -0.410. The van der Waals surface area contributed by atoms with Crippen molar-refractivity contribution in [3.63, 3.8) is 0 Å². The fourth-order valence-corrected chi connectivity index (χ4v) is 1.38. The maximum atomic E-state index is 5.36. The molecule has 0 amide bonds. The van der Waals surface area contributed by atoms with Crippen LogP contribution in [0.15, 0.2) is 4.99 Å². The zero-order valence-corrected chi connectivity index (χ0v) is 10.1. The molecule has 3 heteroatoms. The predicted octanol–water partition coefficient (Wildman–Crippen LogP) is 1.43. The number of hydrogen-bond acceptors (Lipinski definition) is 3. The summed E-state index contributed by atoms with van der Waals surface area (Å²) in [5.41, 5.74) is 6.94. The summed E-state index contributed by atoms with van der Waals surface area (Å²) in [5.74, 6) is 0. The van der Waals surface area contributed by atoms with Crippen LogP contribution in [0.3, 0.4) is 0 Å². The van der Waals surface area contributed by atoms with Crippen molar-refractivity contribution in [3.05, 3.63) is 0 Å². The highest BCUT2D eigenvalue weighted by Crippen LogP contribution is 2.18. The van der Waals surface area contributed by atoms with Gasteiger partial charge in [-0.1, -0.05) is 20.8 Å². The summed E-state index contributed by atoms with van der Waals surface area (Å²) in [6.07, 6.45) is 1.07. The van der Waals surface area contributed by atoms with Gasteiger partial charge < -0.3 is 11.1 Å². The van der Waals surface area contributed by atoms with Crippen LogP contribution in [-0.2, 0) is 0 Å². The second kappa shape index (κ2) is 6.96. The molecule has 0 aliphatic heterocycles. The van der Waals surface area contributed by atoms with Crippen LogP contribution in [0.2, 0.25) is 0 Å². The Labute approximate surface area is 88.2 Å². The van der Waals surface area contributed by atoms with Crippen LogP contribution < -0.4 is 11.1 Å². The van der Waals surface area contributed by atoms with Gasteiger partial charge in [0.05, 0.1) is 6.54 Å². The minimum Gasteiger partial charge on any atom is -0.329 e.